The molecule has 25 heavy (non-hydrogen) atoms. The summed E-state index contributed by atoms with van der Waals surface area (Å²) in [6, 6.07) is 5.51. The lowest BCUT2D eigenvalue weighted by atomic mass is 10.0. The van der Waals surface area contributed by atoms with Gasteiger partial charge in [0.05, 0.1) is 12.3 Å². The molecule has 1 aliphatic heterocycles. The van der Waals surface area contributed by atoms with Gasteiger partial charge in [-0.3, -0.25) is 19.3 Å². The Labute approximate surface area is 149 Å². The Hall–Kier alpha value is -2.35. The van der Waals surface area contributed by atoms with Crippen molar-refractivity contribution in [2.45, 2.75) is 32.9 Å². The predicted molar refractivity (Wildman–Crippen MR) is 93.2 cm³/mol. The summed E-state index contributed by atoms with van der Waals surface area (Å²) in [5.74, 6) is -1.58. The third-order valence-corrected chi connectivity index (χ3v) is 4.54. The van der Waals surface area contributed by atoms with Crippen molar-refractivity contribution in [3.05, 3.63) is 35.4 Å². The zero-order chi connectivity index (χ0) is 18.6. The van der Waals surface area contributed by atoms with Gasteiger partial charge in [-0.15, -0.1) is 0 Å². The number of carboxylic acids is 1. The molecular weight excluding hydrogens is 344 g/mol. The number of amides is 3. The van der Waals surface area contributed by atoms with E-state index in [9.17, 15) is 24.3 Å². The summed E-state index contributed by atoms with van der Waals surface area (Å²) in [7, 11) is 0. The lowest BCUT2D eigenvalue weighted by Crippen LogP contribution is -2.41. The maximum Gasteiger partial charge on any atom is 0.326 e. The lowest BCUT2D eigenvalue weighted by molar-refractivity contribution is -0.139. The minimum atomic E-state index is -1.08. The first kappa shape index (κ1) is 19.0. The highest BCUT2D eigenvalue weighted by molar-refractivity contribution is 8.14. The van der Waals surface area contributed by atoms with Crippen molar-refractivity contribution in [1.82, 2.24) is 10.2 Å². The van der Waals surface area contributed by atoms with E-state index >= 15 is 0 Å². The van der Waals surface area contributed by atoms with Gasteiger partial charge >= 0.3 is 5.97 Å². The Balaban J connectivity index is 2.09. The van der Waals surface area contributed by atoms with Crippen molar-refractivity contribution in [2.24, 2.45) is 5.92 Å². The van der Waals surface area contributed by atoms with Gasteiger partial charge in [0.1, 0.15) is 6.04 Å². The number of nitrogens with one attached hydrogen (secondary N) is 1. The summed E-state index contributed by atoms with van der Waals surface area (Å²) in [5.41, 5.74) is 0.923. The molecule has 1 fully saturated rings. The number of carbonyl (C=O) groups is 4. The van der Waals surface area contributed by atoms with Gasteiger partial charge in [-0.05, 0) is 30.0 Å². The van der Waals surface area contributed by atoms with Gasteiger partial charge in [0.25, 0.3) is 11.1 Å². The molecule has 1 aliphatic rings. The summed E-state index contributed by atoms with van der Waals surface area (Å²) >= 11 is 0.953. The molecule has 0 aromatic heterocycles. The number of carboxylic acid groups (broad SMARTS) is 1. The number of carbonyl (C=O) groups excluding carboxylic acids is 3. The van der Waals surface area contributed by atoms with E-state index in [4.69, 9.17) is 0 Å². The minimum absolute atomic E-state index is 0.0974. The zero-order valence-electron chi connectivity index (χ0n) is 14.0. The smallest absolute Gasteiger partial charge is 0.326 e. The van der Waals surface area contributed by atoms with Crippen LogP contribution in [0, 0.1) is 5.92 Å². The molecule has 1 unspecified atom stereocenters. The van der Waals surface area contributed by atoms with E-state index in [1.54, 1.807) is 24.3 Å². The third-order valence-electron chi connectivity index (χ3n) is 3.68. The highest BCUT2D eigenvalue weighted by atomic mass is 32.2. The number of benzene rings is 1. The minimum Gasteiger partial charge on any atom is -0.480 e. The van der Waals surface area contributed by atoms with Gasteiger partial charge in [-0.25, -0.2) is 4.79 Å². The monoisotopic (exact) mass is 364 g/mol. The molecule has 1 atom stereocenters. The number of hydrogen-bond acceptors (Lipinski definition) is 5. The summed E-state index contributed by atoms with van der Waals surface area (Å²) in [5, 5.41) is 11.4. The first-order valence-corrected chi connectivity index (χ1v) is 8.86. The van der Waals surface area contributed by atoms with Crippen LogP contribution in [0.15, 0.2) is 24.3 Å². The van der Waals surface area contributed by atoms with Gasteiger partial charge < -0.3 is 10.4 Å². The van der Waals surface area contributed by atoms with E-state index in [-0.39, 0.29) is 29.4 Å². The predicted octanol–water partition coefficient (Wildman–Crippen LogP) is 2.11. The van der Waals surface area contributed by atoms with E-state index < -0.39 is 17.9 Å². The number of aliphatic carboxylic acids is 1. The fraction of sp³-hybridized carbons (Fsp3) is 0.412. The van der Waals surface area contributed by atoms with Crippen LogP contribution in [-0.4, -0.2) is 44.8 Å². The fourth-order valence-electron chi connectivity index (χ4n) is 2.46. The lowest BCUT2D eigenvalue weighted by Gasteiger charge is -2.17. The van der Waals surface area contributed by atoms with E-state index in [1.807, 2.05) is 13.8 Å². The third kappa shape index (κ3) is 5.06. The Morgan fingerprint density at radius 3 is 2.60 bits per heavy atom. The highest BCUT2D eigenvalue weighted by Crippen LogP contribution is 2.21. The molecule has 1 aromatic carbocycles. The first-order valence-electron chi connectivity index (χ1n) is 7.87. The van der Waals surface area contributed by atoms with Crippen molar-refractivity contribution >= 4 is 34.8 Å². The van der Waals surface area contributed by atoms with Crippen LogP contribution in [-0.2, 0) is 16.1 Å². The maximum atomic E-state index is 12.3. The van der Waals surface area contributed by atoms with E-state index in [0.29, 0.717) is 17.5 Å². The quantitative estimate of drug-likeness (QED) is 0.768. The molecule has 3 amide bonds. The highest BCUT2D eigenvalue weighted by Gasteiger charge is 2.30. The van der Waals surface area contributed by atoms with Crippen LogP contribution in [0.3, 0.4) is 0 Å². The van der Waals surface area contributed by atoms with Gasteiger partial charge in [-0.2, -0.15) is 0 Å². The SMILES string of the molecule is CC(C)CC(NC(=O)c1cccc(CN2C(=O)CSC2=O)c1)C(=O)O. The second-order valence-electron chi connectivity index (χ2n) is 6.23. The van der Waals surface area contributed by atoms with Crippen LogP contribution in [0.25, 0.3) is 0 Å². The second-order valence-corrected chi connectivity index (χ2v) is 7.16. The van der Waals surface area contributed by atoms with Crippen LogP contribution in [0.5, 0.6) is 0 Å². The Morgan fingerprint density at radius 2 is 2.04 bits per heavy atom. The average Bonchev–Trinajstić information content (AvgIpc) is 2.86. The molecule has 0 bridgehead atoms. The molecule has 7 nitrogen and oxygen atoms in total. The summed E-state index contributed by atoms with van der Waals surface area (Å²) < 4.78 is 0. The number of hydrogen-bond donors (Lipinski definition) is 2. The van der Waals surface area contributed by atoms with Crippen LogP contribution >= 0.6 is 11.8 Å². The standard InChI is InChI=1S/C17H20N2O5S/c1-10(2)6-13(16(22)23)18-15(21)12-5-3-4-11(7-12)8-19-14(20)9-25-17(19)24/h3-5,7,10,13H,6,8-9H2,1-2H3,(H,18,21)(H,22,23). The molecule has 0 radical (unpaired) electrons. The second kappa shape index (κ2) is 8.15. The molecule has 1 aromatic rings. The van der Waals surface area contributed by atoms with E-state index in [0.717, 1.165) is 16.7 Å². The zero-order valence-corrected chi connectivity index (χ0v) is 14.8. The van der Waals surface area contributed by atoms with Gasteiger partial charge in [0, 0.05) is 5.56 Å². The van der Waals surface area contributed by atoms with Crippen molar-refractivity contribution in [2.75, 3.05) is 5.75 Å². The van der Waals surface area contributed by atoms with Gasteiger partial charge in [-0.1, -0.05) is 37.7 Å². The molecule has 8 heteroatoms. The Kier molecular flexibility index (Phi) is 6.19. The molecule has 1 saturated heterocycles. The van der Waals surface area contributed by atoms with Crippen molar-refractivity contribution in [3.8, 4) is 0 Å². The molecule has 0 aliphatic carbocycles. The molecule has 1 heterocycles. The summed E-state index contributed by atoms with van der Waals surface area (Å²) in [4.78, 5) is 48.1. The molecular formula is C17H20N2O5S. The number of imide groups is 1. The molecule has 134 valence electrons. The number of rotatable bonds is 7. The largest absolute Gasteiger partial charge is 0.480 e. The molecule has 2 N–H and O–H groups in total. The summed E-state index contributed by atoms with van der Waals surface area (Å²) in [6.07, 6.45) is 0.328. The normalized spacial score (nSPS) is 15.6. The van der Waals surface area contributed by atoms with Crippen LogP contribution in [0.1, 0.15) is 36.2 Å². The molecule has 2 rings (SSSR count). The number of thioether (sulfide) groups is 1. The van der Waals surface area contributed by atoms with E-state index in [2.05, 4.69) is 5.32 Å². The van der Waals surface area contributed by atoms with Crippen molar-refractivity contribution in [1.29, 1.82) is 0 Å². The van der Waals surface area contributed by atoms with Crippen LogP contribution < -0.4 is 5.32 Å². The van der Waals surface area contributed by atoms with Crippen LogP contribution in [0.4, 0.5) is 4.79 Å². The van der Waals surface area contributed by atoms with E-state index in [1.165, 1.54) is 0 Å². The first-order chi connectivity index (χ1) is 11.8. The average molecular weight is 364 g/mol. The number of nitrogens with zero attached hydrogens (tertiary/aromatic N) is 1. The summed E-state index contributed by atoms with van der Waals surface area (Å²) in [6.45, 7) is 3.86. The topological polar surface area (TPSA) is 104 Å². The maximum absolute atomic E-state index is 12.3. The van der Waals surface area contributed by atoms with Crippen LogP contribution in [0.2, 0.25) is 0 Å². The Morgan fingerprint density at radius 1 is 1.32 bits per heavy atom. The van der Waals surface area contributed by atoms with Crippen molar-refractivity contribution in [3.63, 3.8) is 0 Å². The molecule has 0 saturated carbocycles. The van der Waals surface area contributed by atoms with Gasteiger partial charge in [0.15, 0.2) is 0 Å². The fourth-order valence-corrected chi connectivity index (χ4v) is 3.19. The Bertz CT molecular complexity index is 688. The molecule has 0 spiro atoms. The van der Waals surface area contributed by atoms with Crippen molar-refractivity contribution < 1.29 is 24.3 Å². The van der Waals surface area contributed by atoms with Gasteiger partial charge in [0.2, 0.25) is 5.91 Å².